The molecule has 0 bridgehead atoms. The molecular weight excluding hydrogens is 366 g/mol. The number of anilines is 1. The van der Waals surface area contributed by atoms with Gasteiger partial charge in [-0.25, -0.2) is 0 Å². The van der Waals surface area contributed by atoms with E-state index in [4.69, 9.17) is 4.74 Å². The van der Waals surface area contributed by atoms with Crippen molar-refractivity contribution in [3.63, 3.8) is 0 Å². The maximum Gasteiger partial charge on any atom is 0.241 e. The van der Waals surface area contributed by atoms with Gasteiger partial charge in [0, 0.05) is 12.7 Å². The number of nitrogens with one attached hydrogen (secondary N) is 1. The molecule has 6 heteroatoms. The van der Waals surface area contributed by atoms with Gasteiger partial charge in [0.25, 0.3) is 0 Å². The Hall–Kier alpha value is -3.38. The van der Waals surface area contributed by atoms with Gasteiger partial charge in [-0.3, -0.25) is 14.7 Å². The van der Waals surface area contributed by atoms with Crippen molar-refractivity contribution in [2.75, 3.05) is 11.9 Å². The van der Waals surface area contributed by atoms with Gasteiger partial charge >= 0.3 is 0 Å². The topological polar surface area (TPSA) is 74.7 Å². The number of likely N-dealkylation sites (tertiary alicyclic amines) is 1. The molecule has 3 aromatic rings. The van der Waals surface area contributed by atoms with Crippen LogP contribution in [0.4, 0.5) is 5.69 Å². The van der Waals surface area contributed by atoms with Crippen molar-refractivity contribution in [2.45, 2.75) is 25.4 Å². The third-order valence-corrected chi connectivity index (χ3v) is 4.97. The lowest BCUT2D eigenvalue weighted by molar-refractivity contribution is -0.120. The SMILES string of the molecule is O=C(Nc1ccccc1Oc1cccnc1)[C@H]1CCCN1Cc1cccc(O)c1. The molecular formula is C23H23N3O3. The summed E-state index contributed by atoms with van der Waals surface area (Å²) in [7, 11) is 0. The summed E-state index contributed by atoms with van der Waals surface area (Å²) < 4.78 is 5.89. The molecule has 1 aliphatic heterocycles. The van der Waals surface area contributed by atoms with Crippen LogP contribution in [-0.4, -0.2) is 33.5 Å². The second-order valence-corrected chi connectivity index (χ2v) is 7.07. The molecule has 4 rings (SSSR count). The quantitative estimate of drug-likeness (QED) is 0.661. The third kappa shape index (κ3) is 4.73. The fourth-order valence-corrected chi connectivity index (χ4v) is 3.61. The van der Waals surface area contributed by atoms with Crippen LogP contribution in [0.3, 0.4) is 0 Å². The van der Waals surface area contributed by atoms with E-state index in [2.05, 4.69) is 15.2 Å². The monoisotopic (exact) mass is 389 g/mol. The minimum absolute atomic E-state index is 0.0510. The van der Waals surface area contributed by atoms with Gasteiger partial charge in [0.1, 0.15) is 11.5 Å². The highest BCUT2D eigenvalue weighted by molar-refractivity contribution is 5.96. The van der Waals surface area contributed by atoms with Gasteiger partial charge < -0.3 is 15.2 Å². The largest absolute Gasteiger partial charge is 0.508 e. The molecule has 1 atom stereocenters. The van der Waals surface area contributed by atoms with E-state index in [0.29, 0.717) is 23.7 Å². The predicted molar refractivity (Wildman–Crippen MR) is 111 cm³/mol. The van der Waals surface area contributed by atoms with Crippen LogP contribution in [-0.2, 0) is 11.3 Å². The molecule has 0 aliphatic carbocycles. The normalized spacial score (nSPS) is 16.5. The first-order valence-electron chi connectivity index (χ1n) is 9.69. The number of nitrogens with zero attached hydrogens (tertiary/aromatic N) is 2. The molecule has 1 fully saturated rings. The van der Waals surface area contributed by atoms with Crippen molar-refractivity contribution in [3.05, 3.63) is 78.6 Å². The van der Waals surface area contributed by atoms with E-state index < -0.39 is 0 Å². The fraction of sp³-hybridized carbons (Fsp3) is 0.217. The maximum absolute atomic E-state index is 13.0. The smallest absolute Gasteiger partial charge is 0.241 e. The Bertz CT molecular complexity index is 978. The first-order valence-corrected chi connectivity index (χ1v) is 9.69. The van der Waals surface area contributed by atoms with E-state index in [1.807, 2.05) is 42.5 Å². The Morgan fingerprint density at radius 1 is 1.17 bits per heavy atom. The number of carbonyl (C=O) groups is 1. The van der Waals surface area contributed by atoms with Gasteiger partial charge in [-0.15, -0.1) is 0 Å². The summed E-state index contributed by atoms with van der Waals surface area (Å²) in [5.41, 5.74) is 1.62. The molecule has 0 saturated carbocycles. The first-order chi connectivity index (χ1) is 14.2. The second-order valence-electron chi connectivity index (χ2n) is 7.07. The summed E-state index contributed by atoms with van der Waals surface area (Å²) in [6, 6.07) is 18.0. The van der Waals surface area contributed by atoms with Crippen molar-refractivity contribution in [1.29, 1.82) is 0 Å². The van der Waals surface area contributed by atoms with Crippen LogP contribution in [0.15, 0.2) is 73.1 Å². The summed E-state index contributed by atoms with van der Waals surface area (Å²) in [4.78, 5) is 19.2. The highest BCUT2D eigenvalue weighted by Gasteiger charge is 2.31. The van der Waals surface area contributed by atoms with Gasteiger partial charge in [0.15, 0.2) is 5.75 Å². The summed E-state index contributed by atoms with van der Waals surface area (Å²) in [5, 5.41) is 12.7. The first kappa shape index (κ1) is 19.0. The number of hydrogen-bond acceptors (Lipinski definition) is 5. The van der Waals surface area contributed by atoms with Crippen molar-refractivity contribution in [3.8, 4) is 17.2 Å². The molecule has 1 amide bonds. The number of aromatic hydroxyl groups is 1. The van der Waals surface area contributed by atoms with Crippen LogP contribution in [0.2, 0.25) is 0 Å². The summed E-state index contributed by atoms with van der Waals surface area (Å²) in [6.45, 7) is 1.47. The zero-order chi connectivity index (χ0) is 20.1. The van der Waals surface area contributed by atoms with Crippen LogP contribution < -0.4 is 10.1 Å². The number of phenolic OH excluding ortho intramolecular Hbond substituents is 1. The van der Waals surface area contributed by atoms with Crippen LogP contribution in [0, 0.1) is 0 Å². The molecule has 2 aromatic carbocycles. The van der Waals surface area contributed by atoms with Gasteiger partial charge in [0.2, 0.25) is 5.91 Å². The highest BCUT2D eigenvalue weighted by Crippen LogP contribution is 2.30. The van der Waals surface area contributed by atoms with E-state index in [9.17, 15) is 9.90 Å². The number of phenols is 1. The summed E-state index contributed by atoms with van der Waals surface area (Å²) in [5.74, 6) is 1.38. The van der Waals surface area contributed by atoms with Crippen LogP contribution in [0.25, 0.3) is 0 Å². The molecule has 1 aromatic heterocycles. The molecule has 0 radical (unpaired) electrons. The van der Waals surface area contributed by atoms with Gasteiger partial charge in [0.05, 0.1) is 17.9 Å². The molecule has 148 valence electrons. The summed E-state index contributed by atoms with van der Waals surface area (Å²) >= 11 is 0. The number of hydrogen-bond donors (Lipinski definition) is 2. The second kappa shape index (κ2) is 8.75. The Morgan fingerprint density at radius 2 is 2.07 bits per heavy atom. The van der Waals surface area contributed by atoms with Gasteiger partial charge in [-0.05, 0) is 61.3 Å². The summed E-state index contributed by atoms with van der Waals surface area (Å²) in [6.07, 6.45) is 5.08. The van der Waals surface area contributed by atoms with Crippen molar-refractivity contribution in [2.24, 2.45) is 0 Å². The fourth-order valence-electron chi connectivity index (χ4n) is 3.61. The van der Waals surface area contributed by atoms with Crippen LogP contribution in [0.5, 0.6) is 17.2 Å². The van der Waals surface area contributed by atoms with Crippen LogP contribution in [0.1, 0.15) is 18.4 Å². The van der Waals surface area contributed by atoms with E-state index in [-0.39, 0.29) is 17.7 Å². The molecule has 2 heterocycles. The Kier molecular flexibility index (Phi) is 5.72. The molecule has 1 aliphatic rings. The Morgan fingerprint density at radius 3 is 2.90 bits per heavy atom. The van der Waals surface area contributed by atoms with Gasteiger partial charge in [-0.2, -0.15) is 0 Å². The number of rotatable bonds is 6. The molecule has 0 spiro atoms. The third-order valence-electron chi connectivity index (χ3n) is 4.97. The lowest BCUT2D eigenvalue weighted by atomic mass is 10.1. The zero-order valence-corrected chi connectivity index (χ0v) is 16.0. The standard InChI is InChI=1S/C23H23N3O3/c27-18-7-3-6-17(14-18)16-26-13-5-10-21(26)23(28)25-20-9-1-2-11-22(20)29-19-8-4-12-24-15-19/h1-4,6-9,11-12,14-15,21,27H,5,10,13,16H2,(H,25,28)/t21-/m1/s1. The predicted octanol–water partition coefficient (Wildman–Crippen LogP) is 4.18. The average Bonchev–Trinajstić information content (AvgIpc) is 3.18. The van der Waals surface area contributed by atoms with Gasteiger partial charge in [-0.1, -0.05) is 24.3 Å². The van der Waals surface area contributed by atoms with E-state index in [1.54, 1.807) is 30.6 Å². The molecule has 1 saturated heterocycles. The Labute approximate surface area is 169 Å². The average molecular weight is 389 g/mol. The zero-order valence-electron chi connectivity index (χ0n) is 16.0. The molecule has 29 heavy (non-hydrogen) atoms. The van der Waals surface area contributed by atoms with Crippen molar-refractivity contribution in [1.82, 2.24) is 9.88 Å². The number of ether oxygens (including phenoxy) is 1. The molecule has 0 unspecified atom stereocenters. The molecule has 6 nitrogen and oxygen atoms in total. The number of carbonyl (C=O) groups excluding carboxylic acids is 1. The van der Waals surface area contributed by atoms with E-state index >= 15 is 0 Å². The lowest BCUT2D eigenvalue weighted by Gasteiger charge is -2.24. The highest BCUT2D eigenvalue weighted by atomic mass is 16.5. The minimum atomic E-state index is -0.219. The van der Waals surface area contributed by atoms with E-state index in [1.165, 1.54) is 0 Å². The van der Waals surface area contributed by atoms with E-state index in [0.717, 1.165) is 24.9 Å². The van der Waals surface area contributed by atoms with Crippen LogP contribution >= 0.6 is 0 Å². The lowest BCUT2D eigenvalue weighted by Crippen LogP contribution is -2.39. The van der Waals surface area contributed by atoms with Crippen molar-refractivity contribution < 1.29 is 14.6 Å². The number of benzene rings is 2. The minimum Gasteiger partial charge on any atom is -0.508 e. The Balaban J connectivity index is 1.46. The molecule has 2 N–H and O–H groups in total. The maximum atomic E-state index is 13.0. The van der Waals surface area contributed by atoms with Crippen molar-refractivity contribution >= 4 is 11.6 Å². The number of aromatic nitrogens is 1. The number of para-hydroxylation sites is 2. The number of pyridine rings is 1. The number of amides is 1.